The van der Waals surface area contributed by atoms with Gasteiger partial charge in [-0.15, -0.1) is 0 Å². The number of nitrogens with zero attached hydrogens (tertiary/aromatic N) is 1. The summed E-state index contributed by atoms with van der Waals surface area (Å²) in [5.41, 5.74) is 1.08. The highest BCUT2D eigenvalue weighted by atomic mass is 16.1. The summed E-state index contributed by atoms with van der Waals surface area (Å²) in [5, 5.41) is 6.07. The fraction of sp³-hybridized carbons (Fsp3) is 0.500. The van der Waals surface area contributed by atoms with Crippen molar-refractivity contribution in [3.8, 4) is 0 Å². The van der Waals surface area contributed by atoms with Crippen molar-refractivity contribution < 1.29 is 4.79 Å². The molecule has 0 saturated heterocycles. The van der Waals surface area contributed by atoms with Crippen LogP contribution in [-0.4, -0.2) is 24.0 Å². The van der Waals surface area contributed by atoms with Crippen molar-refractivity contribution in [1.29, 1.82) is 0 Å². The maximum absolute atomic E-state index is 11.5. The van der Waals surface area contributed by atoms with Gasteiger partial charge in [0.2, 0.25) is 5.91 Å². The SMILES string of the molecule is CCNCCC(=O)N[C@@H](C)c1ccncc1. The number of nitrogens with one attached hydrogen (secondary N) is 2. The zero-order valence-corrected chi connectivity index (χ0v) is 9.86. The molecule has 88 valence electrons. The summed E-state index contributed by atoms with van der Waals surface area (Å²) in [6.07, 6.45) is 3.98. The van der Waals surface area contributed by atoms with Crippen LogP contribution in [0.25, 0.3) is 0 Å². The summed E-state index contributed by atoms with van der Waals surface area (Å²) in [6, 6.07) is 3.86. The smallest absolute Gasteiger partial charge is 0.221 e. The van der Waals surface area contributed by atoms with Crippen LogP contribution < -0.4 is 10.6 Å². The van der Waals surface area contributed by atoms with E-state index >= 15 is 0 Å². The number of carbonyl (C=O) groups is 1. The first-order valence-corrected chi connectivity index (χ1v) is 5.64. The third kappa shape index (κ3) is 4.40. The molecule has 0 radical (unpaired) electrons. The number of aromatic nitrogens is 1. The van der Waals surface area contributed by atoms with Crippen LogP contribution in [-0.2, 0) is 4.79 Å². The third-order valence-corrected chi connectivity index (χ3v) is 2.36. The average molecular weight is 221 g/mol. The normalized spacial score (nSPS) is 12.1. The van der Waals surface area contributed by atoms with Gasteiger partial charge in [0.25, 0.3) is 0 Å². The van der Waals surface area contributed by atoms with Crippen LogP contribution in [0, 0.1) is 0 Å². The van der Waals surface area contributed by atoms with E-state index in [-0.39, 0.29) is 11.9 Å². The molecule has 0 unspecified atom stereocenters. The Bertz CT molecular complexity index is 313. The number of rotatable bonds is 6. The topological polar surface area (TPSA) is 54.0 Å². The van der Waals surface area contributed by atoms with E-state index in [9.17, 15) is 4.79 Å². The van der Waals surface area contributed by atoms with E-state index in [1.165, 1.54) is 0 Å². The van der Waals surface area contributed by atoms with Crippen molar-refractivity contribution in [2.24, 2.45) is 0 Å². The second-order valence-corrected chi connectivity index (χ2v) is 3.67. The Hall–Kier alpha value is -1.42. The van der Waals surface area contributed by atoms with Crippen LogP contribution >= 0.6 is 0 Å². The lowest BCUT2D eigenvalue weighted by atomic mass is 10.1. The summed E-state index contributed by atoms with van der Waals surface area (Å²) >= 11 is 0. The number of hydrogen-bond acceptors (Lipinski definition) is 3. The second kappa shape index (κ2) is 6.95. The van der Waals surface area contributed by atoms with Crippen LogP contribution in [0.15, 0.2) is 24.5 Å². The molecule has 0 aromatic carbocycles. The van der Waals surface area contributed by atoms with Crippen LogP contribution in [0.5, 0.6) is 0 Å². The first-order chi connectivity index (χ1) is 7.74. The van der Waals surface area contributed by atoms with E-state index in [1.807, 2.05) is 26.0 Å². The lowest BCUT2D eigenvalue weighted by Crippen LogP contribution is -2.29. The van der Waals surface area contributed by atoms with Gasteiger partial charge >= 0.3 is 0 Å². The maximum Gasteiger partial charge on any atom is 0.221 e. The highest BCUT2D eigenvalue weighted by Crippen LogP contribution is 2.09. The molecule has 0 aliphatic heterocycles. The fourth-order valence-corrected chi connectivity index (χ4v) is 1.43. The fourth-order valence-electron chi connectivity index (χ4n) is 1.43. The number of hydrogen-bond donors (Lipinski definition) is 2. The molecule has 0 fully saturated rings. The molecular weight excluding hydrogens is 202 g/mol. The maximum atomic E-state index is 11.5. The van der Waals surface area contributed by atoms with Crippen LogP contribution in [0.3, 0.4) is 0 Å². The van der Waals surface area contributed by atoms with Crippen molar-refractivity contribution in [3.63, 3.8) is 0 Å². The standard InChI is InChI=1S/C12H19N3O/c1-3-13-9-6-12(16)15-10(2)11-4-7-14-8-5-11/h4-5,7-8,10,13H,3,6,9H2,1-2H3,(H,15,16)/t10-/m0/s1. The van der Waals surface area contributed by atoms with Gasteiger partial charge in [-0.1, -0.05) is 6.92 Å². The lowest BCUT2D eigenvalue weighted by Gasteiger charge is -2.13. The van der Waals surface area contributed by atoms with Gasteiger partial charge in [0.05, 0.1) is 6.04 Å². The molecule has 1 amide bonds. The molecule has 1 rings (SSSR count). The summed E-state index contributed by atoms with van der Waals surface area (Å²) in [7, 11) is 0. The second-order valence-electron chi connectivity index (χ2n) is 3.67. The highest BCUT2D eigenvalue weighted by Gasteiger charge is 2.08. The zero-order chi connectivity index (χ0) is 11.8. The Morgan fingerprint density at radius 2 is 2.12 bits per heavy atom. The minimum Gasteiger partial charge on any atom is -0.350 e. The van der Waals surface area contributed by atoms with Gasteiger partial charge in [0.15, 0.2) is 0 Å². The zero-order valence-electron chi connectivity index (χ0n) is 9.86. The Morgan fingerprint density at radius 1 is 1.44 bits per heavy atom. The number of pyridine rings is 1. The molecule has 2 N–H and O–H groups in total. The molecule has 0 spiro atoms. The van der Waals surface area contributed by atoms with E-state index in [2.05, 4.69) is 15.6 Å². The molecular formula is C12H19N3O. The van der Waals surface area contributed by atoms with Gasteiger partial charge in [-0.25, -0.2) is 0 Å². The van der Waals surface area contributed by atoms with Crippen molar-refractivity contribution in [3.05, 3.63) is 30.1 Å². The third-order valence-electron chi connectivity index (χ3n) is 2.36. The van der Waals surface area contributed by atoms with E-state index in [1.54, 1.807) is 12.4 Å². The molecule has 0 aliphatic carbocycles. The lowest BCUT2D eigenvalue weighted by molar-refractivity contribution is -0.121. The average Bonchev–Trinajstić information content (AvgIpc) is 2.30. The number of carbonyl (C=O) groups excluding carboxylic acids is 1. The van der Waals surface area contributed by atoms with Crippen molar-refractivity contribution in [2.75, 3.05) is 13.1 Å². The quantitative estimate of drug-likeness (QED) is 0.711. The van der Waals surface area contributed by atoms with Crippen LogP contribution in [0.4, 0.5) is 0 Å². The van der Waals surface area contributed by atoms with Crippen molar-refractivity contribution in [1.82, 2.24) is 15.6 Å². The minimum absolute atomic E-state index is 0.0390. The molecule has 1 heterocycles. The first kappa shape index (κ1) is 12.6. The van der Waals surface area contributed by atoms with Gasteiger partial charge in [-0.05, 0) is 31.2 Å². The molecule has 1 atom stereocenters. The molecule has 1 aromatic rings. The van der Waals surface area contributed by atoms with Crippen molar-refractivity contribution in [2.45, 2.75) is 26.3 Å². The van der Waals surface area contributed by atoms with Crippen LogP contribution in [0.2, 0.25) is 0 Å². The number of amides is 1. The van der Waals surface area contributed by atoms with E-state index in [0.717, 1.165) is 18.7 Å². The first-order valence-electron chi connectivity index (χ1n) is 5.64. The highest BCUT2D eigenvalue weighted by molar-refractivity contribution is 5.76. The molecule has 0 aliphatic rings. The summed E-state index contributed by atoms with van der Waals surface area (Å²) in [4.78, 5) is 15.5. The van der Waals surface area contributed by atoms with Gasteiger partial charge in [0.1, 0.15) is 0 Å². The molecule has 0 bridgehead atoms. The minimum atomic E-state index is 0.0390. The molecule has 0 saturated carbocycles. The van der Waals surface area contributed by atoms with Gasteiger partial charge in [-0.3, -0.25) is 9.78 Å². The molecule has 1 aromatic heterocycles. The van der Waals surface area contributed by atoms with E-state index in [4.69, 9.17) is 0 Å². The van der Waals surface area contributed by atoms with Crippen LogP contribution in [0.1, 0.15) is 31.9 Å². The monoisotopic (exact) mass is 221 g/mol. The summed E-state index contributed by atoms with van der Waals surface area (Å²) in [5.74, 6) is 0.0743. The Morgan fingerprint density at radius 3 is 2.75 bits per heavy atom. The van der Waals surface area contributed by atoms with E-state index < -0.39 is 0 Å². The summed E-state index contributed by atoms with van der Waals surface area (Å²) in [6.45, 7) is 5.62. The predicted octanol–water partition coefficient (Wildman–Crippen LogP) is 1.26. The van der Waals surface area contributed by atoms with Crippen molar-refractivity contribution >= 4 is 5.91 Å². The van der Waals surface area contributed by atoms with Gasteiger partial charge in [-0.2, -0.15) is 0 Å². The van der Waals surface area contributed by atoms with E-state index in [0.29, 0.717) is 6.42 Å². The Balaban J connectivity index is 2.34. The molecule has 16 heavy (non-hydrogen) atoms. The summed E-state index contributed by atoms with van der Waals surface area (Å²) < 4.78 is 0. The van der Waals surface area contributed by atoms with Gasteiger partial charge < -0.3 is 10.6 Å². The molecule has 4 nitrogen and oxygen atoms in total. The van der Waals surface area contributed by atoms with Gasteiger partial charge in [0, 0.05) is 25.4 Å². The largest absolute Gasteiger partial charge is 0.350 e. The Labute approximate surface area is 96.5 Å². The molecule has 4 heteroatoms. The Kier molecular flexibility index (Phi) is 5.50. The predicted molar refractivity (Wildman–Crippen MR) is 64.0 cm³/mol.